The highest BCUT2D eigenvalue weighted by molar-refractivity contribution is 7.17. The maximum atomic E-state index is 12.9. The maximum absolute atomic E-state index is 12.9. The van der Waals surface area contributed by atoms with E-state index in [1.165, 1.54) is 28.2 Å². The highest BCUT2D eigenvalue weighted by Crippen LogP contribution is 2.28. The first kappa shape index (κ1) is 22.6. The van der Waals surface area contributed by atoms with Gasteiger partial charge in [-0.15, -0.1) is 11.3 Å². The van der Waals surface area contributed by atoms with Crippen LogP contribution in [0.3, 0.4) is 0 Å². The van der Waals surface area contributed by atoms with Gasteiger partial charge in [0.1, 0.15) is 21.5 Å². The van der Waals surface area contributed by atoms with Gasteiger partial charge in [-0.05, 0) is 63.4 Å². The molecule has 0 aliphatic rings. The van der Waals surface area contributed by atoms with Gasteiger partial charge in [-0.25, -0.2) is 14.1 Å². The van der Waals surface area contributed by atoms with Gasteiger partial charge in [0.25, 0.3) is 11.5 Å². The second-order valence-corrected chi connectivity index (χ2v) is 8.21. The number of amides is 1. The molecule has 0 aliphatic carbocycles. The van der Waals surface area contributed by atoms with Gasteiger partial charge in [0.05, 0.1) is 23.6 Å². The van der Waals surface area contributed by atoms with Crippen LogP contribution in [0, 0.1) is 26.6 Å². The predicted octanol–water partition coefficient (Wildman–Crippen LogP) is 3.56. The monoisotopic (exact) mass is 444 g/mol. The van der Waals surface area contributed by atoms with Crippen LogP contribution in [0.4, 0.5) is 4.39 Å². The summed E-state index contributed by atoms with van der Waals surface area (Å²) in [5.74, 6) is 0.109. The lowest BCUT2D eigenvalue weighted by Gasteiger charge is -2.07. The summed E-state index contributed by atoms with van der Waals surface area (Å²) >= 11 is 1.21. The molecule has 0 unspecified atom stereocenters. The molecule has 1 amide bonds. The summed E-state index contributed by atoms with van der Waals surface area (Å²) < 4.78 is 19.7. The lowest BCUT2D eigenvalue weighted by atomic mass is 10.1. The molecule has 0 fully saturated rings. The fourth-order valence-corrected chi connectivity index (χ4v) is 4.12. The summed E-state index contributed by atoms with van der Waals surface area (Å²) in [5.41, 5.74) is 2.36. The van der Waals surface area contributed by atoms with Crippen LogP contribution in [0.15, 0.2) is 29.1 Å². The van der Waals surface area contributed by atoms with Crippen molar-refractivity contribution in [3.8, 4) is 16.3 Å². The van der Waals surface area contributed by atoms with E-state index in [-0.39, 0.29) is 17.3 Å². The van der Waals surface area contributed by atoms with Gasteiger partial charge >= 0.3 is 0 Å². The zero-order chi connectivity index (χ0) is 22.5. The average molecular weight is 445 g/mol. The standard InChI is InChI=1S/C22H25FN4O3S/c1-13-14(2)26-27(4)22(29)18(13)21-25-15(3)19(31-21)20(28)24-11-5-6-12-30-17-9-7-16(23)8-10-17/h7-10H,5-6,11-12H2,1-4H3,(H,24,28). The summed E-state index contributed by atoms with van der Waals surface area (Å²) in [7, 11) is 1.60. The Labute approximate surface area is 183 Å². The third kappa shape index (κ3) is 5.35. The summed E-state index contributed by atoms with van der Waals surface area (Å²) in [6.07, 6.45) is 1.48. The van der Waals surface area contributed by atoms with Crippen molar-refractivity contribution in [2.75, 3.05) is 13.2 Å². The van der Waals surface area contributed by atoms with Crippen molar-refractivity contribution in [2.45, 2.75) is 33.6 Å². The number of thiazole rings is 1. The molecule has 164 valence electrons. The Bertz CT molecular complexity index is 1140. The molecular weight excluding hydrogens is 419 g/mol. The normalized spacial score (nSPS) is 10.9. The van der Waals surface area contributed by atoms with Gasteiger partial charge in [-0.2, -0.15) is 5.10 Å². The lowest BCUT2D eigenvalue weighted by Crippen LogP contribution is -2.24. The van der Waals surface area contributed by atoms with E-state index in [9.17, 15) is 14.0 Å². The van der Waals surface area contributed by atoms with Crippen LogP contribution in [0.1, 0.15) is 39.5 Å². The van der Waals surface area contributed by atoms with Gasteiger partial charge < -0.3 is 10.1 Å². The molecule has 2 heterocycles. The zero-order valence-corrected chi connectivity index (χ0v) is 18.8. The van der Waals surface area contributed by atoms with E-state index in [0.717, 1.165) is 24.1 Å². The molecule has 0 radical (unpaired) electrons. The van der Waals surface area contributed by atoms with E-state index in [2.05, 4.69) is 15.4 Å². The van der Waals surface area contributed by atoms with Crippen molar-refractivity contribution in [3.05, 3.63) is 62.3 Å². The second-order valence-electron chi connectivity index (χ2n) is 7.21. The van der Waals surface area contributed by atoms with Gasteiger partial charge in [0, 0.05) is 13.6 Å². The van der Waals surface area contributed by atoms with E-state index >= 15 is 0 Å². The number of carbonyl (C=O) groups excluding carboxylic acids is 1. The zero-order valence-electron chi connectivity index (χ0n) is 18.0. The average Bonchev–Trinajstić information content (AvgIpc) is 3.11. The molecule has 0 saturated heterocycles. The number of nitrogens with one attached hydrogen (secondary N) is 1. The molecule has 31 heavy (non-hydrogen) atoms. The number of ether oxygens (including phenoxy) is 1. The van der Waals surface area contributed by atoms with Crippen LogP contribution in [0.2, 0.25) is 0 Å². The van der Waals surface area contributed by atoms with Crippen molar-refractivity contribution in [3.63, 3.8) is 0 Å². The van der Waals surface area contributed by atoms with Crippen molar-refractivity contribution in [1.82, 2.24) is 20.1 Å². The molecule has 3 rings (SSSR count). The molecule has 0 aliphatic heterocycles. The van der Waals surface area contributed by atoms with E-state index < -0.39 is 0 Å². The fourth-order valence-electron chi connectivity index (χ4n) is 3.04. The van der Waals surface area contributed by atoms with Crippen LogP contribution in [0.5, 0.6) is 5.75 Å². The van der Waals surface area contributed by atoms with E-state index in [4.69, 9.17) is 4.74 Å². The molecule has 0 spiro atoms. The summed E-state index contributed by atoms with van der Waals surface area (Å²) in [4.78, 5) is 30.1. The topological polar surface area (TPSA) is 86.1 Å². The number of carbonyl (C=O) groups is 1. The minimum Gasteiger partial charge on any atom is -0.494 e. The largest absolute Gasteiger partial charge is 0.494 e. The highest BCUT2D eigenvalue weighted by atomic mass is 32.1. The molecule has 0 atom stereocenters. The molecule has 0 bridgehead atoms. The number of hydrogen-bond donors (Lipinski definition) is 1. The van der Waals surface area contributed by atoms with Crippen LogP contribution >= 0.6 is 11.3 Å². The second kappa shape index (κ2) is 9.82. The number of rotatable bonds is 8. The Kier molecular flexibility index (Phi) is 7.17. The number of benzene rings is 1. The molecular formula is C22H25FN4O3S. The van der Waals surface area contributed by atoms with E-state index in [1.807, 2.05) is 13.8 Å². The smallest absolute Gasteiger partial charge is 0.277 e. The SMILES string of the molecule is Cc1nc(-c2c(C)c(C)nn(C)c2=O)sc1C(=O)NCCCCOc1ccc(F)cc1. The molecule has 0 saturated carbocycles. The summed E-state index contributed by atoms with van der Waals surface area (Å²) in [5, 5.41) is 7.61. The van der Waals surface area contributed by atoms with Gasteiger partial charge in [0.2, 0.25) is 0 Å². The maximum Gasteiger partial charge on any atom is 0.277 e. The van der Waals surface area contributed by atoms with Crippen molar-refractivity contribution in [1.29, 1.82) is 0 Å². The molecule has 9 heteroatoms. The quantitative estimate of drug-likeness (QED) is 0.537. The predicted molar refractivity (Wildman–Crippen MR) is 118 cm³/mol. The molecule has 3 aromatic rings. The third-order valence-corrected chi connectivity index (χ3v) is 6.05. The molecule has 1 N–H and O–H groups in total. The van der Waals surface area contributed by atoms with Crippen molar-refractivity contribution >= 4 is 17.2 Å². The number of aryl methyl sites for hydroxylation is 3. The van der Waals surface area contributed by atoms with Crippen molar-refractivity contribution in [2.24, 2.45) is 7.05 Å². The number of hydrogen-bond acceptors (Lipinski definition) is 6. The van der Waals surface area contributed by atoms with Crippen LogP contribution in [-0.2, 0) is 7.05 Å². The van der Waals surface area contributed by atoms with Crippen LogP contribution in [-0.4, -0.2) is 33.8 Å². The number of halogens is 1. The Morgan fingerprint density at radius 2 is 1.87 bits per heavy atom. The van der Waals surface area contributed by atoms with Gasteiger partial charge in [-0.1, -0.05) is 0 Å². The molecule has 7 nitrogen and oxygen atoms in total. The van der Waals surface area contributed by atoms with Gasteiger partial charge in [-0.3, -0.25) is 9.59 Å². The van der Waals surface area contributed by atoms with Crippen LogP contribution < -0.4 is 15.6 Å². The Morgan fingerprint density at radius 3 is 2.58 bits per heavy atom. The number of aromatic nitrogens is 3. The van der Waals surface area contributed by atoms with Crippen molar-refractivity contribution < 1.29 is 13.9 Å². The number of nitrogens with zero attached hydrogens (tertiary/aromatic N) is 3. The molecule has 1 aromatic carbocycles. The molecule has 2 aromatic heterocycles. The first-order valence-electron chi connectivity index (χ1n) is 9.96. The minimum absolute atomic E-state index is 0.207. The fraction of sp³-hybridized carbons (Fsp3) is 0.364. The Hall–Kier alpha value is -3.07. The first-order valence-corrected chi connectivity index (χ1v) is 10.8. The summed E-state index contributed by atoms with van der Waals surface area (Å²) in [6.45, 7) is 6.41. The third-order valence-electron chi connectivity index (χ3n) is 4.88. The first-order chi connectivity index (χ1) is 14.8. The van der Waals surface area contributed by atoms with Crippen LogP contribution in [0.25, 0.3) is 10.6 Å². The Balaban J connectivity index is 1.56. The summed E-state index contributed by atoms with van der Waals surface area (Å²) in [6, 6.07) is 5.87. The highest BCUT2D eigenvalue weighted by Gasteiger charge is 2.20. The Morgan fingerprint density at radius 1 is 1.16 bits per heavy atom. The van der Waals surface area contributed by atoms with E-state index in [0.29, 0.717) is 40.0 Å². The van der Waals surface area contributed by atoms with E-state index in [1.54, 1.807) is 26.1 Å². The minimum atomic E-state index is -0.300. The van der Waals surface area contributed by atoms with Gasteiger partial charge in [0.15, 0.2) is 0 Å². The lowest BCUT2D eigenvalue weighted by molar-refractivity contribution is 0.0955. The number of unbranched alkanes of at least 4 members (excludes halogenated alkanes) is 1.